The van der Waals surface area contributed by atoms with Gasteiger partial charge in [-0.1, -0.05) is 18.2 Å². The second-order valence-corrected chi connectivity index (χ2v) is 6.44. The maximum atomic E-state index is 11.9. The number of hydrogen-bond acceptors (Lipinski definition) is 5. The van der Waals surface area contributed by atoms with Crippen molar-refractivity contribution in [3.05, 3.63) is 51.5 Å². The van der Waals surface area contributed by atoms with Crippen molar-refractivity contribution in [2.45, 2.75) is 20.8 Å². The molecule has 0 atom stereocenters. The number of hydrazone groups is 1. The number of para-hydroxylation sites is 1. The van der Waals surface area contributed by atoms with Crippen LogP contribution in [0.2, 0.25) is 0 Å². The lowest BCUT2D eigenvalue weighted by atomic mass is 10.1. The number of hydrogen-bond donors (Lipinski definition) is 2. The van der Waals surface area contributed by atoms with E-state index in [9.17, 15) is 9.90 Å². The van der Waals surface area contributed by atoms with Crippen molar-refractivity contribution in [1.82, 2.24) is 5.43 Å². The summed E-state index contributed by atoms with van der Waals surface area (Å²) in [5.41, 5.74) is 5.02. The molecule has 0 saturated carbocycles. The Labute approximate surface area is 161 Å². The van der Waals surface area contributed by atoms with Crippen LogP contribution in [-0.2, 0) is 4.79 Å². The number of carbonyl (C=O) groups is 1. The van der Waals surface area contributed by atoms with Crippen LogP contribution in [0.5, 0.6) is 17.2 Å². The van der Waals surface area contributed by atoms with E-state index in [-0.39, 0.29) is 18.3 Å². The lowest BCUT2D eigenvalue weighted by molar-refractivity contribution is -0.123. The molecule has 0 fully saturated rings. The van der Waals surface area contributed by atoms with Crippen LogP contribution in [0.3, 0.4) is 0 Å². The van der Waals surface area contributed by atoms with E-state index in [1.807, 2.05) is 39.0 Å². The van der Waals surface area contributed by atoms with Crippen LogP contribution in [0.1, 0.15) is 23.6 Å². The van der Waals surface area contributed by atoms with Gasteiger partial charge in [-0.15, -0.1) is 0 Å². The van der Waals surface area contributed by atoms with Crippen molar-refractivity contribution in [2.75, 3.05) is 13.2 Å². The van der Waals surface area contributed by atoms with Gasteiger partial charge in [0.15, 0.2) is 18.1 Å². The highest BCUT2D eigenvalue weighted by Crippen LogP contribution is 2.35. The molecule has 0 spiro atoms. The molecule has 0 aromatic heterocycles. The van der Waals surface area contributed by atoms with Crippen LogP contribution in [0, 0.1) is 13.8 Å². The molecule has 7 heteroatoms. The summed E-state index contributed by atoms with van der Waals surface area (Å²) in [4.78, 5) is 11.9. The van der Waals surface area contributed by atoms with E-state index in [0.29, 0.717) is 28.1 Å². The van der Waals surface area contributed by atoms with Crippen molar-refractivity contribution in [1.29, 1.82) is 0 Å². The van der Waals surface area contributed by atoms with E-state index in [1.165, 1.54) is 6.21 Å². The number of ether oxygens (including phenoxy) is 2. The number of nitrogens with zero attached hydrogens (tertiary/aromatic N) is 1. The topological polar surface area (TPSA) is 80.2 Å². The molecule has 0 heterocycles. The molecular weight excluding hydrogens is 400 g/mol. The van der Waals surface area contributed by atoms with Crippen LogP contribution < -0.4 is 14.9 Å². The fourth-order valence-corrected chi connectivity index (χ4v) is 2.77. The first-order chi connectivity index (χ1) is 12.4. The van der Waals surface area contributed by atoms with Gasteiger partial charge in [-0.3, -0.25) is 4.79 Å². The average molecular weight is 421 g/mol. The normalized spacial score (nSPS) is 10.8. The molecule has 6 nitrogen and oxygen atoms in total. The molecule has 26 heavy (non-hydrogen) atoms. The Balaban J connectivity index is 1.95. The van der Waals surface area contributed by atoms with E-state index < -0.39 is 0 Å². The number of nitrogens with one attached hydrogen (secondary N) is 1. The first kappa shape index (κ1) is 19.8. The van der Waals surface area contributed by atoms with Gasteiger partial charge >= 0.3 is 0 Å². The van der Waals surface area contributed by atoms with Crippen LogP contribution >= 0.6 is 15.9 Å². The highest BCUT2D eigenvalue weighted by molar-refractivity contribution is 9.10. The monoisotopic (exact) mass is 420 g/mol. The van der Waals surface area contributed by atoms with E-state index in [0.717, 1.165) is 11.1 Å². The van der Waals surface area contributed by atoms with E-state index in [4.69, 9.17) is 9.47 Å². The van der Waals surface area contributed by atoms with Crippen molar-refractivity contribution in [2.24, 2.45) is 5.10 Å². The van der Waals surface area contributed by atoms with Crippen LogP contribution in [0.15, 0.2) is 39.9 Å². The number of carbonyl (C=O) groups excluding carboxylic acids is 1. The van der Waals surface area contributed by atoms with Gasteiger partial charge in [0.25, 0.3) is 5.91 Å². The predicted octanol–water partition coefficient (Wildman–Crippen LogP) is 3.70. The van der Waals surface area contributed by atoms with Gasteiger partial charge in [0.1, 0.15) is 5.75 Å². The van der Waals surface area contributed by atoms with E-state index in [1.54, 1.807) is 12.1 Å². The van der Waals surface area contributed by atoms with Gasteiger partial charge in [-0.25, -0.2) is 5.43 Å². The summed E-state index contributed by atoms with van der Waals surface area (Å²) < 4.78 is 11.4. The number of aryl methyl sites for hydroxylation is 2. The highest BCUT2D eigenvalue weighted by Gasteiger charge is 2.09. The van der Waals surface area contributed by atoms with Crippen molar-refractivity contribution in [3.8, 4) is 17.2 Å². The Bertz CT molecular complexity index is 801. The summed E-state index contributed by atoms with van der Waals surface area (Å²) >= 11 is 3.25. The number of benzene rings is 2. The molecule has 0 saturated heterocycles. The fourth-order valence-electron chi connectivity index (χ4n) is 2.31. The summed E-state index contributed by atoms with van der Waals surface area (Å²) in [6, 6.07) is 9.09. The molecule has 2 aromatic rings. The number of phenols is 1. The Morgan fingerprint density at radius 3 is 2.62 bits per heavy atom. The van der Waals surface area contributed by atoms with Gasteiger partial charge < -0.3 is 14.6 Å². The Hall–Kier alpha value is -2.54. The van der Waals surface area contributed by atoms with Gasteiger partial charge in [0.05, 0.1) is 17.3 Å². The maximum Gasteiger partial charge on any atom is 0.277 e. The van der Waals surface area contributed by atoms with Gasteiger partial charge in [-0.05, 0) is 65.5 Å². The zero-order chi connectivity index (χ0) is 19.1. The minimum Gasteiger partial charge on any atom is -0.503 e. The number of rotatable bonds is 7. The molecule has 2 aromatic carbocycles. The van der Waals surface area contributed by atoms with Gasteiger partial charge in [0, 0.05) is 0 Å². The summed E-state index contributed by atoms with van der Waals surface area (Å²) in [6.07, 6.45) is 1.46. The third-order valence-corrected chi connectivity index (χ3v) is 4.11. The summed E-state index contributed by atoms with van der Waals surface area (Å²) in [7, 11) is 0. The Morgan fingerprint density at radius 1 is 1.27 bits per heavy atom. The molecule has 1 amide bonds. The number of amides is 1. The minimum absolute atomic E-state index is 0.0232. The van der Waals surface area contributed by atoms with E-state index >= 15 is 0 Å². The first-order valence-electron chi connectivity index (χ1n) is 8.08. The SMILES string of the molecule is CCOc1cc(/C=N\NC(=O)COc2c(C)cccc2C)cc(Br)c1O. The number of aromatic hydroxyl groups is 1. The molecular formula is C19H21BrN2O4. The largest absolute Gasteiger partial charge is 0.503 e. The quantitative estimate of drug-likeness (QED) is 0.528. The molecule has 138 valence electrons. The predicted molar refractivity (Wildman–Crippen MR) is 104 cm³/mol. The molecule has 2 N–H and O–H groups in total. The van der Waals surface area contributed by atoms with Crippen molar-refractivity contribution >= 4 is 28.1 Å². The average Bonchev–Trinajstić information content (AvgIpc) is 2.59. The zero-order valence-corrected chi connectivity index (χ0v) is 16.5. The van der Waals surface area contributed by atoms with Crippen LogP contribution in [0.25, 0.3) is 0 Å². The number of halogens is 1. The maximum absolute atomic E-state index is 11.9. The summed E-state index contributed by atoms with van der Waals surface area (Å²) in [5, 5.41) is 13.8. The van der Waals surface area contributed by atoms with Crippen LogP contribution in [0.4, 0.5) is 0 Å². The first-order valence-corrected chi connectivity index (χ1v) is 8.88. The molecule has 0 aliphatic heterocycles. The van der Waals surface area contributed by atoms with Crippen molar-refractivity contribution in [3.63, 3.8) is 0 Å². The third-order valence-electron chi connectivity index (χ3n) is 3.51. The summed E-state index contributed by atoms with van der Waals surface area (Å²) in [6.45, 7) is 5.97. The summed E-state index contributed by atoms with van der Waals surface area (Å²) in [5.74, 6) is 0.699. The Kier molecular flexibility index (Phi) is 7.03. The lowest BCUT2D eigenvalue weighted by Crippen LogP contribution is -2.25. The smallest absolute Gasteiger partial charge is 0.277 e. The Morgan fingerprint density at radius 2 is 1.96 bits per heavy atom. The lowest BCUT2D eigenvalue weighted by Gasteiger charge is -2.10. The second kappa shape index (κ2) is 9.24. The second-order valence-electron chi connectivity index (χ2n) is 5.59. The molecule has 0 radical (unpaired) electrons. The molecule has 2 rings (SSSR count). The third kappa shape index (κ3) is 5.23. The molecule has 0 bridgehead atoms. The molecule has 0 aliphatic rings. The molecule has 0 aliphatic carbocycles. The fraction of sp³-hybridized carbons (Fsp3) is 0.263. The highest BCUT2D eigenvalue weighted by atomic mass is 79.9. The van der Waals surface area contributed by atoms with E-state index in [2.05, 4.69) is 26.5 Å². The standard InChI is InChI=1S/C19H21BrN2O4/c1-4-25-16-9-14(8-15(20)18(16)24)10-21-22-17(23)11-26-19-12(2)6-5-7-13(19)3/h5-10,24H,4,11H2,1-3H3,(H,22,23)/b21-10-. The van der Waals surface area contributed by atoms with Crippen molar-refractivity contribution < 1.29 is 19.4 Å². The minimum atomic E-state index is -0.369. The molecule has 0 unspecified atom stereocenters. The van der Waals surface area contributed by atoms with Gasteiger partial charge in [-0.2, -0.15) is 5.10 Å². The zero-order valence-electron chi connectivity index (χ0n) is 14.9. The number of phenolic OH excluding ortho intramolecular Hbond substituents is 1. The van der Waals surface area contributed by atoms with Crippen LogP contribution in [-0.4, -0.2) is 30.4 Å². The van der Waals surface area contributed by atoms with Gasteiger partial charge in [0.2, 0.25) is 0 Å².